The Morgan fingerprint density at radius 3 is 2.76 bits per heavy atom. The van der Waals surface area contributed by atoms with Crippen LogP contribution in [0.2, 0.25) is 5.02 Å². The van der Waals surface area contributed by atoms with Gasteiger partial charge in [-0.25, -0.2) is 4.79 Å². The number of benzene rings is 1. The van der Waals surface area contributed by atoms with Crippen LogP contribution in [-0.4, -0.2) is 19.7 Å². The Bertz CT molecular complexity index is 438. The number of hydrogen-bond donors (Lipinski definition) is 0. The number of aryl methyl sites for hydroxylation is 1. The van der Waals surface area contributed by atoms with E-state index in [0.29, 0.717) is 17.2 Å². The van der Waals surface area contributed by atoms with E-state index in [-0.39, 0.29) is 5.97 Å². The highest BCUT2D eigenvalue weighted by Crippen LogP contribution is 2.21. The SMILES string of the molecule is COC(=O)C(C)=CCOc1ccc(Cl)cc1C. The smallest absolute Gasteiger partial charge is 0.333 e. The van der Waals surface area contributed by atoms with E-state index in [9.17, 15) is 4.79 Å². The number of rotatable bonds is 4. The van der Waals surface area contributed by atoms with Gasteiger partial charge in [-0.05, 0) is 43.7 Å². The Morgan fingerprint density at radius 1 is 1.47 bits per heavy atom. The molecule has 92 valence electrons. The van der Waals surface area contributed by atoms with Crippen molar-refractivity contribution in [1.82, 2.24) is 0 Å². The van der Waals surface area contributed by atoms with E-state index in [0.717, 1.165) is 11.3 Å². The van der Waals surface area contributed by atoms with Crippen molar-refractivity contribution in [3.8, 4) is 5.75 Å². The van der Waals surface area contributed by atoms with Gasteiger partial charge in [-0.2, -0.15) is 0 Å². The molecule has 0 spiro atoms. The topological polar surface area (TPSA) is 35.5 Å². The zero-order valence-corrected chi connectivity index (χ0v) is 10.9. The summed E-state index contributed by atoms with van der Waals surface area (Å²) in [6, 6.07) is 5.40. The number of carbonyl (C=O) groups is 1. The van der Waals surface area contributed by atoms with Crippen LogP contribution >= 0.6 is 11.6 Å². The number of methoxy groups -OCH3 is 1. The summed E-state index contributed by atoms with van der Waals surface area (Å²) in [4.78, 5) is 11.1. The summed E-state index contributed by atoms with van der Waals surface area (Å²) < 4.78 is 10.1. The summed E-state index contributed by atoms with van der Waals surface area (Å²) in [5.74, 6) is 0.407. The van der Waals surface area contributed by atoms with Gasteiger partial charge in [0.2, 0.25) is 0 Å². The molecule has 0 fully saturated rings. The first-order chi connectivity index (χ1) is 8.04. The van der Waals surface area contributed by atoms with E-state index in [1.165, 1.54) is 7.11 Å². The number of esters is 1. The minimum Gasteiger partial charge on any atom is -0.489 e. The molecule has 0 radical (unpaired) electrons. The lowest BCUT2D eigenvalue weighted by Gasteiger charge is -2.07. The summed E-state index contributed by atoms with van der Waals surface area (Å²) in [5.41, 5.74) is 1.49. The molecular weight excluding hydrogens is 240 g/mol. The van der Waals surface area contributed by atoms with Crippen LogP contribution in [-0.2, 0) is 9.53 Å². The first-order valence-electron chi connectivity index (χ1n) is 5.18. The molecule has 17 heavy (non-hydrogen) atoms. The molecule has 0 saturated heterocycles. The van der Waals surface area contributed by atoms with Gasteiger partial charge in [0.1, 0.15) is 12.4 Å². The Labute approximate surface area is 106 Å². The standard InChI is InChI=1S/C13H15ClO3/c1-9(13(15)16-3)6-7-17-12-5-4-11(14)8-10(12)2/h4-6,8H,7H2,1-3H3. The van der Waals surface area contributed by atoms with Crippen LogP contribution in [0.15, 0.2) is 29.8 Å². The molecule has 0 saturated carbocycles. The summed E-state index contributed by atoms with van der Waals surface area (Å²) in [6.07, 6.45) is 1.68. The van der Waals surface area contributed by atoms with Crippen molar-refractivity contribution in [3.63, 3.8) is 0 Å². The van der Waals surface area contributed by atoms with Crippen molar-refractivity contribution < 1.29 is 14.3 Å². The van der Waals surface area contributed by atoms with E-state index < -0.39 is 0 Å². The molecule has 0 aromatic heterocycles. The van der Waals surface area contributed by atoms with Gasteiger partial charge in [0.15, 0.2) is 0 Å². The van der Waals surface area contributed by atoms with Crippen molar-refractivity contribution in [2.24, 2.45) is 0 Å². The molecule has 0 aliphatic rings. The molecule has 0 amide bonds. The van der Waals surface area contributed by atoms with Gasteiger partial charge in [0, 0.05) is 10.6 Å². The fourth-order valence-electron chi connectivity index (χ4n) is 1.28. The van der Waals surface area contributed by atoms with Crippen LogP contribution in [0.1, 0.15) is 12.5 Å². The van der Waals surface area contributed by atoms with Crippen molar-refractivity contribution in [3.05, 3.63) is 40.4 Å². The number of halogens is 1. The van der Waals surface area contributed by atoms with Gasteiger partial charge in [-0.15, -0.1) is 0 Å². The van der Waals surface area contributed by atoms with Crippen LogP contribution in [0.3, 0.4) is 0 Å². The Balaban J connectivity index is 2.59. The molecule has 1 aromatic rings. The van der Waals surface area contributed by atoms with Crippen LogP contribution < -0.4 is 4.74 Å². The Hall–Kier alpha value is -1.48. The predicted octanol–water partition coefficient (Wildman–Crippen LogP) is 3.15. The third-order valence-electron chi connectivity index (χ3n) is 2.27. The zero-order valence-electron chi connectivity index (χ0n) is 10.1. The van der Waals surface area contributed by atoms with Crippen LogP contribution in [0.4, 0.5) is 0 Å². The minimum atomic E-state index is -0.346. The van der Waals surface area contributed by atoms with Gasteiger partial charge in [-0.1, -0.05) is 11.6 Å². The first-order valence-corrected chi connectivity index (χ1v) is 5.56. The molecule has 0 aliphatic heterocycles. The molecule has 0 bridgehead atoms. The summed E-state index contributed by atoms with van der Waals surface area (Å²) >= 11 is 5.83. The minimum absolute atomic E-state index is 0.323. The van der Waals surface area contributed by atoms with E-state index in [4.69, 9.17) is 16.3 Å². The molecule has 1 aromatic carbocycles. The lowest BCUT2D eigenvalue weighted by atomic mass is 10.2. The molecule has 0 unspecified atom stereocenters. The Morgan fingerprint density at radius 2 is 2.18 bits per heavy atom. The second kappa shape index (κ2) is 6.30. The fraction of sp³-hybridized carbons (Fsp3) is 0.308. The molecule has 4 heteroatoms. The normalized spacial score (nSPS) is 11.2. The molecule has 0 aliphatic carbocycles. The molecular formula is C13H15ClO3. The van der Waals surface area contributed by atoms with Gasteiger partial charge in [0.25, 0.3) is 0 Å². The lowest BCUT2D eigenvalue weighted by Crippen LogP contribution is -2.04. The molecule has 3 nitrogen and oxygen atoms in total. The summed E-state index contributed by atoms with van der Waals surface area (Å²) in [7, 11) is 1.35. The van der Waals surface area contributed by atoms with Gasteiger partial charge in [0.05, 0.1) is 7.11 Å². The zero-order chi connectivity index (χ0) is 12.8. The highest BCUT2D eigenvalue weighted by molar-refractivity contribution is 6.30. The summed E-state index contributed by atoms with van der Waals surface area (Å²) in [5, 5.41) is 0.677. The maximum atomic E-state index is 11.1. The molecule has 1 rings (SSSR count). The molecule has 0 N–H and O–H groups in total. The van der Waals surface area contributed by atoms with Crippen molar-refractivity contribution >= 4 is 17.6 Å². The van der Waals surface area contributed by atoms with Gasteiger partial charge < -0.3 is 9.47 Å². The maximum Gasteiger partial charge on any atom is 0.333 e. The highest BCUT2D eigenvalue weighted by atomic mass is 35.5. The van der Waals surface area contributed by atoms with Crippen LogP contribution in [0, 0.1) is 6.92 Å². The van der Waals surface area contributed by atoms with Gasteiger partial charge >= 0.3 is 5.97 Å². The number of ether oxygens (including phenoxy) is 2. The highest BCUT2D eigenvalue weighted by Gasteiger charge is 2.03. The predicted molar refractivity (Wildman–Crippen MR) is 67.5 cm³/mol. The average molecular weight is 255 g/mol. The largest absolute Gasteiger partial charge is 0.489 e. The number of hydrogen-bond acceptors (Lipinski definition) is 3. The fourth-order valence-corrected chi connectivity index (χ4v) is 1.50. The van der Waals surface area contributed by atoms with Crippen LogP contribution in [0.5, 0.6) is 5.75 Å². The lowest BCUT2D eigenvalue weighted by molar-refractivity contribution is -0.136. The first kappa shape index (κ1) is 13.6. The van der Waals surface area contributed by atoms with E-state index in [1.807, 2.05) is 13.0 Å². The van der Waals surface area contributed by atoms with Crippen molar-refractivity contribution in [1.29, 1.82) is 0 Å². The average Bonchev–Trinajstić information content (AvgIpc) is 2.30. The Kier molecular flexibility index (Phi) is 5.04. The molecule has 0 atom stereocenters. The van der Waals surface area contributed by atoms with E-state index in [1.54, 1.807) is 25.1 Å². The van der Waals surface area contributed by atoms with E-state index in [2.05, 4.69) is 4.74 Å². The molecule has 0 heterocycles. The van der Waals surface area contributed by atoms with Gasteiger partial charge in [-0.3, -0.25) is 0 Å². The van der Waals surface area contributed by atoms with Crippen LogP contribution in [0.25, 0.3) is 0 Å². The summed E-state index contributed by atoms with van der Waals surface area (Å²) in [6.45, 7) is 3.92. The van der Waals surface area contributed by atoms with Crippen molar-refractivity contribution in [2.75, 3.05) is 13.7 Å². The second-order valence-corrected chi connectivity index (χ2v) is 4.04. The monoisotopic (exact) mass is 254 g/mol. The van der Waals surface area contributed by atoms with E-state index >= 15 is 0 Å². The third kappa shape index (κ3) is 4.11. The number of carbonyl (C=O) groups excluding carboxylic acids is 1. The second-order valence-electron chi connectivity index (χ2n) is 3.60. The quantitative estimate of drug-likeness (QED) is 0.612. The maximum absolute atomic E-state index is 11.1. The van der Waals surface area contributed by atoms with Crippen molar-refractivity contribution in [2.45, 2.75) is 13.8 Å². The third-order valence-corrected chi connectivity index (χ3v) is 2.51.